The summed E-state index contributed by atoms with van der Waals surface area (Å²) in [5.41, 5.74) is 3.12. The molecule has 0 atom stereocenters. The number of para-hydroxylation sites is 1. The molecule has 1 amide bonds. The van der Waals surface area contributed by atoms with Crippen molar-refractivity contribution in [1.82, 2.24) is 10.3 Å². The first kappa shape index (κ1) is 15.6. The van der Waals surface area contributed by atoms with Crippen LogP contribution in [0.2, 0.25) is 0 Å². The van der Waals surface area contributed by atoms with E-state index < -0.39 is 0 Å². The van der Waals surface area contributed by atoms with E-state index in [0.29, 0.717) is 18.7 Å². The minimum absolute atomic E-state index is 0.266. The minimum Gasteiger partial charge on any atom is -0.459 e. The van der Waals surface area contributed by atoms with Crippen molar-refractivity contribution in [3.63, 3.8) is 0 Å². The zero-order valence-electron chi connectivity index (χ0n) is 13.2. The van der Waals surface area contributed by atoms with Crippen molar-refractivity contribution in [3.05, 3.63) is 59.7 Å². The van der Waals surface area contributed by atoms with E-state index in [-0.39, 0.29) is 11.7 Å². The molecule has 2 N–H and O–H groups in total. The van der Waals surface area contributed by atoms with Gasteiger partial charge in [-0.1, -0.05) is 18.2 Å². The second-order valence-corrected chi connectivity index (χ2v) is 5.29. The summed E-state index contributed by atoms with van der Waals surface area (Å²) in [6.45, 7) is 2.86. The van der Waals surface area contributed by atoms with E-state index in [1.807, 2.05) is 25.1 Å². The molecule has 0 saturated carbocycles. The fourth-order valence-corrected chi connectivity index (χ4v) is 2.50. The fourth-order valence-electron chi connectivity index (χ4n) is 2.50. The van der Waals surface area contributed by atoms with Gasteiger partial charge in [0.05, 0.1) is 23.0 Å². The second kappa shape index (κ2) is 6.84. The molecule has 3 aromatic rings. The smallest absolute Gasteiger partial charge is 0.287 e. The molecule has 24 heavy (non-hydrogen) atoms. The van der Waals surface area contributed by atoms with Crippen LogP contribution in [0.25, 0.3) is 10.9 Å². The molecule has 6 heteroatoms. The van der Waals surface area contributed by atoms with E-state index in [1.54, 1.807) is 18.3 Å². The summed E-state index contributed by atoms with van der Waals surface area (Å²) in [5.74, 6) is 0.00966. The van der Waals surface area contributed by atoms with Crippen LogP contribution in [0.1, 0.15) is 21.7 Å². The molecule has 0 unspecified atom stereocenters. The molecular formula is C18H16N4O2. The van der Waals surface area contributed by atoms with Gasteiger partial charge in [-0.15, -0.1) is 0 Å². The molecular weight excluding hydrogens is 304 g/mol. The number of benzene rings is 1. The van der Waals surface area contributed by atoms with Crippen molar-refractivity contribution < 1.29 is 9.21 Å². The highest BCUT2D eigenvalue weighted by atomic mass is 16.3. The first-order chi connectivity index (χ1) is 11.7. The van der Waals surface area contributed by atoms with Gasteiger partial charge < -0.3 is 15.1 Å². The van der Waals surface area contributed by atoms with Crippen LogP contribution in [-0.4, -0.2) is 24.0 Å². The van der Waals surface area contributed by atoms with Crippen molar-refractivity contribution in [2.45, 2.75) is 6.92 Å². The van der Waals surface area contributed by atoms with Gasteiger partial charge in [0.15, 0.2) is 5.76 Å². The Hall–Kier alpha value is -3.33. The Labute approximate surface area is 139 Å². The summed E-state index contributed by atoms with van der Waals surface area (Å²) >= 11 is 0. The SMILES string of the molecule is Cc1cccc2c(NCCNC(=O)c3ccco3)c(C#N)cnc12. The number of rotatable bonds is 5. The van der Waals surface area contributed by atoms with Crippen LogP contribution in [0.5, 0.6) is 0 Å². The number of hydrogen-bond acceptors (Lipinski definition) is 5. The van der Waals surface area contributed by atoms with Gasteiger partial charge in [0, 0.05) is 24.7 Å². The monoisotopic (exact) mass is 320 g/mol. The summed E-state index contributed by atoms with van der Waals surface area (Å²) in [4.78, 5) is 16.2. The molecule has 6 nitrogen and oxygen atoms in total. The number of pyridine rings is 1. The molecule has 0 bridgehead atoms. The molecule has 0 radical (unpaired) electrons. The molecule has 2 aromatic heterocycles. The lowest BCUT2D eigenvalue weighted by molar-refractivity contribution is 0.0927. The Kier molecular flexibility index (Phi) is 4.43. The van der Waals surface area contributed by atoms with Crippen LogP contribution in [0.4, 0.5) is 5.69 Å². The zero-order chi connectivity index (χ0) is 16.9. The van der Waals surface area contributed by atoms with Gasteiger partial charge in [-0.05, 0) is 24.6 Å². The van der Waals surface area contributed by atoms with Crippen LogP contribution in [-0.2, 0) is 0 Å². The summed E-state index contributed by atoms with van der Waals surface area (Å²) in [6.07, 6.45) is 3.02. The van der Waals surface area contributed by atoms with Gasteiger partial charge in [-0.25, -0.2) is 0 Å². The second-order valence-electron chi connectivity index (χ2n) is 5.29. The maximum atomic E-state index is 11.8. The van der Waals surface area contributed by atoms with Crippen LogP contribution >= 0.6 is 0 Å². The van der Waals surface area contributed by atoms with Crippen molar-refractivity contribution in [2.75, 3.05) is 18.4 Å². The molecule has 0 aliphatic carbocycles. The van der Waals surface area contributed by atoms with E-state index in [1.165, 1.54) is 6.26 Å². The first-order valence-corrected chi connectivity index (χ1v) is 7.54. The lowest BCUT2D eigenvalue weighted by atomic mass is 10.1. The Balaban J connectivity index is 1.72. The molecule has 0 saturated heterocycles. The van der Waals surface area contributed by atoms with E-state index in [4.69, 9.17) is 4.42 Å². The standard InChI is InChI=1S/C18H16N4O2/c1-12-4-2-5-14-16(12)22-11-13(10-19)17(14)20-7-8-21-18(23)15-6-3-9-24-15/h2-6,9,11H,7-8H2,1H3,(H,20,22)(H,21,23). The normalized spacial score (nSPS) is 10.3. The fraction of sp³-hybridized carbons (Fsp3) is 0.167. The van der Waals surface area contributed by atoms with Crippen molar-refractivity contribution in [1.29, 1.82) is 5.26 Å². The maximum absolute atomic E-state index is 11.8. The van der Waals surface area contributed by atoms with Gasteiger partial charge in [-0.3, -0.25) is 9.78 Å². The van der Waals surface area contributed by atoms with Gasteiger partial charge in [-0.2, -0.15) is 5.26 Å². The third kappa shape index (κ3) is 3.06. The van der Waals surface area contributed by atoms with Crippen molar-refractivity contribution in [3.8, 4) is 6.07 Å². The summed E-state index contributed by atoms with van der Waals surface area (Å²) < 4.78 is 5.03. The highest BCUT2D eigenvalue weighted by Crippen LogP contribution is 2.27. The number of furan rings is 1. The lowest BCUT2D eigenvalue weighted by Crippen LogP contribution is -2.28. The molecule has 2 heterocycles. The quantitative estimate of drug-likeness (QED) is 0.705. The lowest BCUT2D eigenvalue weighted by Gasteiger charge is -2.12. The topological polar surface area (TPSA) is 91.0 Å². The van der Waals surface area contributed by atoms with E-state index >= 15 is 0 Å². The molecule has 0 aliphatic rings. The first-order valence-electron chi connectivity index (χ1n) is 7.54. The molecule has 0 aliphatic heterocycles. The largest absolute Gasteiger partial charge is 0.459 e. The number of nitriles is 1. The summed E-state index contributed by atoms with van der Waals surface area (Å²) in [5, 5.41) is 16.2. The van der Waals surface area contributed by atoms with Crippen LogP contribution in [0, 0.1) is 18.3 Å². The number of amides is 1. The molecule has 0 fully saturated rings. The molecule has 3 rings (SSSR count). The van der Waals surface area contributed by atoms with Gasteiger partial charge in [0.2, 0.25) is 0 Å². The molecule has 0 spiro atoms. The zero-order valence-corrected chi connectivity index (χ0v) is 13.2. The average molecular weight is 320 g/mol. The number of hydrogen-bond donors (Lipinski definition) is 2. The van der Waals surface area contributed by atoms with Crippen molar-refractivity contribution >= 4 is 22.5 Å². The van der Waals surface area contributed by atoms with Crippen LogP contribution in [0.3, 0.4) is 0 Å². The Morgan fingerprint density at radius 1 is 1.29 bits per heavy atom. The van der Waals surface area contributed by atoms with Gasteiger partial charge >= 0.3 is 0 Å². The number of aryl methyl sites for hydroxylation is 1. The Morgan fingerprint density at radius 2 is 2.17 bits per heavy atom. The van der Waals surface area contributed by atoms with Gasteiger partial charge in [0.25, 0.3) is 5.91 Å². The highest BCUT2D eigenvalue weighted by Gasteiger charge is 2.10. The number of carbonyl (C=O) groups excluding carboxylic acids is 1. The molecule has 120 valence electrons. The number of nitrogens with zero attached hydrogens (tertiary/aromatic N) is 2. The average Bonchev–Trinajstić information content (AvgIpc) is 3.13. The summed E-state index contributed by atoms with van der Waals surface area (Å²) in [6, 6.07) is 11.3. The maximum Gasteiger partial charge on any atom is 0.287 e. The van der Waals surface area contributed by atoms with Crippen LogP contribution < -0.4 is 10.6 Å². The summed E-state index contributed by atoms with van der Waals surface area (Å²) in [7, 11) is 0. The highest BCUT2D eigenvalue weighted by molar-refractivity contribution is 5.95. The Morgan fingerprint density at radius 3 is 2.92 bits per heavy atom. The van der Waals surface area contributed by atoms with Crippen LogP contribution in [0.15, 0.2) is 47.2 Å². The van der Waals surface area contributed by atoms with Gasteiger partial charge in [0.1, 0.15) is 6.07 Å². The number of fused-ring (bicyclic) bond motifs is 1. The molecule has 1 aromatic carbocycles. The van der Waals surface area contributed by atoms with E-state index in [9.17, 15) is 10.1 Å². The van der Waals surface area contributed by atoms with Crippen molar-refractivity contribution in [2.24, 2.45) is 0 Å². The number of carbonyl (C=O) groups is 1. The minimum atomic E-state index is -0.266. The number of aromatic nitrogens is 1. The predicted octanol–water partition coefficient (Wildman–Crippen LogP) is 2.85. The number of nitrogens with one attached hydrogen (secondary N) is 2. The van der Waals surface area contributed by atoms with E-state index in [2.05, 4.69) is 21.7 Å². The third-order valence-electron chi connectivity index (χ3n) is 3.68. The van der Waals surface area contributed by atoms with E-state index in [0.717, 1.165) is 22.2 Å². The Bertz CT molecular complexity index is 911. The third-order valence-corrected chi connectivity index (χ3v) is 3.68. The predicted molar refractivity (Wildman–Crippen MR) is 90.7 cm³/mol. The number of anilines is 1.